The molecule has 7 rings (SSSR count). The normalized spacial score (nSPS) is 20.1. The van der Waals surface area contributed by atoms with E-state index in [1.807, 2.05) is 12.1 Å². The van der Waals surface area contributed by atoms with Crippen molar-refractivity contribution in [2.75, 3.05) is 6.54 Å². The van der Waals surface area contributed by atoms with Gasteiger partial charge in [0.25, 0.3) is 0 Å². The number of pyridine rings is 1. The molecule has 3 aromatic carbocycles. The van der Waals surface area contributed by atoms with E-state index in [2.05, 4.69) is 65.3 Å². The number of piperidine rings is 1. The van der Waals surface area contributed by atoms with Crippen LogP contribution < -0.4 is 9.47 Å². The maximum absolute atomic E-state index is 12.5. The number of carboxylic acid groups (broad SMARTS) is 1. The number of ether oxygens (including phenoxy) is 2. The number of aliphatic carboxylic acids is 1. The molecule has 0 radical (unpaired) electrons. The van der Waals surface area contributed by atoms with E-state index in [0.29, 0.717) is 24.5 Å². The molecule has 1 aromatic heterocycles. The summed E-state index contributed by atoms with van der Waals surface area (Å²) in [7, 11) is 0. The number of hydrogen-bond acceptors (Lipinski definition) is 6. The Hall–Kier alpha value is -4.67. The Bertz CT molecular complexity index is 1800. The Morgan fingerprint density at radius 3 is 2.67 bits per heavy atom. The summed E-state index contributed by atoms with van der Waals surface area (Å²) in [5.74, 6) is 1.05. The number of benzene rings is 3. The molecule has 1 saturated carbocycles. The fourth-order valence-corrected chi connectivity index (χ4v) is 7.52. The summed E-state index contributed by atoms with van der Waals surface area (Å²) in [4.78, 5) is 18.9. The minimum atomic E-state index is -0.761. The summed E-state index contributed by atoms with van der Waals surface area (Å²) in [6.45, 7) is 4.13. The zero-order valence-electron chi connectivity index (χ0n) is 25.6. The molecule has 0 amide bonds. The maximum Gasteiger partial charge on any atom is 0.324 e. The predicted octanol–water partition coefficient (Wildman–Crippen LogP) is 7.01. The average Bonchev–Trinajstić information content (AvgIpc) is 3.65. The lowest BCUT2D eigenvalue weighted by molar-refractivity contribution is -0.147. The van der Waals surface area contributed by atoms with Crippen LogP contribution in [0.4, 0.5) is 0 Å². The van der Waals surface area contributed by atoms with E-state index in [0.717, 1.165) is 67.5 Å². The van der Waals surface area contributed by atoms with Gasteiger partial charge in [-0.05, 0) is 97.4 Å². The van der Waals surface area contributed by atoms with Gasteiger partial charge in [0.1, 0.15) is 36.3 Å². The quantitative estimate of drug-likeness (QED) is 0.209. The number of fused-ring (bicyclic) bond motifs is 2. The molecule has 0 unspecified atom stereocenters. The topological polar surface area (TPSA) is 95.7 Å². The van der Waals surface area contributed by atoms with Crippen molar-refractivity contribution in [2.45, 2.75) is 70.7 Å². The van der Waals surface area contributed by atoms with Crippen LogP contribution in [-0.4, -0.2) is 33.0 Å². The fourth-order valence-electron chi connectivity index (χ4n) is 7.52. The van der Waals surface area contributed by atoms with Crippen LogP contribution in [0.1, 0.15) is 64.6 Å². The molecule has 2 heterocycles. The van der Waals surface area contributed by atoms with Crippen molar-refractivity contribution in [3.8, 4) is 28.7 Å². The summed E-state index contributed by atoms with van der Waals surface area (Å²) in [5.41, 5.74) is 8.73. The first-order valence-electron chi connectivity index (χ1n) is 15.9. The molecule has 7 nitrogen and oxygen atoms in total. The molecule has 2 aliphatic carbocycles. The number of rotatable bonds is 10. The second-order valence-electron chi connectivity index (χ2n) is 12.6. The van der Waals surface area contributed by atoms with Gasteiger partial charge in [-0.15, -0.1) is 0 Å². The molecule has 0 spiro atoms. The summed E-state index contributed by atoms with van der Waals surface area (Å²) in [6, 6.07) is 22.7. The van der Waals surface area contributed by atoms with Crippen molar-refractivity contribution in [3.05, 3.63) is 112 Å². The summed E-state index contributed by atoms with van der Waals surface area (Å²) in [6.07, 6.45) is 8.80. The van der Waals surface area contributed by atoms with Crippen LogP contribution in [0.25, 0.3) is 11.1 Å². The highest BCUT2D eigenvalue weighted by Gasteiger charge is 2.65. The second kappa shape index (κ2) is 12.0. The number of likely N-dealkylation sites (tertiary alicyclic amines) is 1. The van der Waals surface area contributed by atoms with Gasteiger partial charge in [0.2, 0.25) is 0 Å². The Morgan fingerprint density at radius 2 is 1.84 bits per heavy atom. The smallest absolute Gasteiger partial charge is 0.324 e. The first kappa shape index (κ1) is 29.1. The summed E-state index contributed by atoms with van der Waals surface area (Å²) < 4.78 is 13.1. The third-order valence-corrected chi connectivity index (χ3v) is 10.0. The molecule has 7 heteroatoms. The molecule has 2 atom stereocenters. The van der Waals surface area contributed by atoms with Crippen LogP contribution in [0.3, 0.4) is 0 Å². The van der Waals surface area contributed by atoms with E-state index in [1.165, 1.54) is 27.8 Å². The predicted molar refractivity (Wildman–Crippen MR) is 171 cm³/mol. The summed E-state index contributed by atoms with van der Waals surface area (Å²) >= 11 is 0. The number of aromatic nitrogens is 1. The van der Waals surface area contributed by atoms with Crippen molar-refractivity contribution >= 4 is 5.97 Å². The fraction of sp³-hybridized carbons (Fsp3) is 0.342. The number of carboxylic acids is 1. The number of nitriles is 1. The van der Waals surface area contributed by atoms with Crippen molar-refractivity contribution in [1.82, 2.24) is 9.88 Å². The van der Waals surface area contributed by atoms with Crippen molar-refractivity contribution in [2.24, 2.45) is 5.92 Å². The van der Waals surface area contributed by atoms with E-state index < -0.39 is 11.5 Å². The van der Waals surface area contributed by atoms with Crippen LogP contribution in [-0.2, 0) is 37.4 Å². The highest BCUT2D eigenvalue weighted by atomic mass is 16.5. The lowest BCUT2D eigenvalue weighted by Gasteiger charge is -2.34. The molecule has 3 aliphatic rings. The van der Waals surface area contributed by atoms with Gasteiger partial charge < -0.3 is 14.6 Å². The molecule has 1 aliphatic heterocycles. The molecule has 0 bridgehead atoms. The zero-order chi connectivity index (χ0) is 31.0. The number of carbonyl (C=O) groups is 1. The van der Waals surface area contributed by atoms with Crippen LogP contribution in [0.2, 0.25) is 0 Å². The summed E-state index contributed by atoms with van der Waals surface area (Å²) in [5, 5.41) is 19.6. The van der Waals surface area contributed by atoms with E-state index in [4.69, 9.17) is 9.47 Å². The molecule has 4 aromatic rings. The standard InChI is InChI=1S/C38H37N3O4/c1-25-29(10-5-12-31(25)28-8-3-2-4-9-28)24-45-35-17-36(44-23-27-16-26(19-39)20-40-21-27)34(32-13-6-14-33(32)35)22-41-15-7-11-30-18-38(30,41)37(42)43/h2-5,8-10,12,16-17,20-21,30H,6-7,11,13-15,18,22-24H2,1H3,(H,42,43)/t30-,38+/m1/s1. The minimum absolute atomic E-state index is 0.221. The first-order valence-corrected chi connectivity index (χ1v) is 15.9. The highest BCUT2D eigenvalue weighted by molar-refractivity contribution is 5.83. The molecule has 45 heavy (non-hydrogen) atoms. The van der Waals surface area contributed by atoms with Crippen LogP contribution >= 0.6 is 0 Å². The first-order chi connectivity index (χ1) is 22.0. The highest BCUT2D eigenvalue weighted by Crippen LogP contribution is 2.55. The molecule has 2 fully saturated rings. The Balaban J connectivity index is 1.22. The van der Waals surface area contributed by atoms with Crippen molar-refractivity contribution in [1.29, 1.82) is 5.26 Å². The van der Waals surface area contributed by atoms with E-state index >= 15 is 0 Å². The monoisotopic (exact) mass is 599 g/mol. The van der Waals surface area contributed by atoms with Gasteiger partial charge in [-0.2, -0.15) is 5.26 Å². The maximum atomic E-state index is 12.5. The van der Waals surface area contributed by atoms with Crippen molar-refractivity contribution in [3.63, 3.8) is 0 Å². The number of hydrogen-bond donors (Lipinski definition) is 1. The van der Waals surface area contributed by atoms with Crippen LogP contribution in [0.15, 0.2) is 73.1 Å². The third kappa shape index (κ3) is 5.44. The largest absolute Gasteiger partial charge is 0.488 e. The number of nitrogens with zero attached hydrogens (tertiary/aromatic N) is 3. The van der Waals surface area contributed by atoms with Crippen LogP contribution in [0.5, 0.6) is 11.5 Å². The third-order valence-electron chi connectivity index (χ3n) is 10.0. The van der Waals surface area contributed by atoms with Crippen molar-refractivity contribution < 1.29 is 19.4 Å². The van der Waals surface area contributed by atoms with Gasteiger partial charge in [0, 0.05) is 36.1 Å². The average molecular weight is 600 g/mol. The SMILES string of the molecule is Cc1c(COc2cc(OCc3cncc(C#N)c3)c(CN3CCC[C@@H]4C[C@@]43C(=O)O)c3c2CCC3)cccc1-c1ccccc1. The lowest BCUT2D eigenvalue weighted by Crippen LogP contribution is -2.47. The van der Waals surface area contributed by atoms with Gasteiger partial charge in [-0.3, -0.25) is 14.7 Å². The zero-order valence-corrected chi connectivity index (χ0v) is 25.6. The molecular formula is C38H37N3O4. The molecule has 1 saturated heterocycles. The van der Waals surface area contributed by atoms with E-state index in [-0.39, 0.29) is 12.5 Å². The van der Waals surface area contributed by atoms with E-state index in [9.17, 15) is 15.2 Å². The Labute approximate surface area is 264 Å². The Morgan fingerprint density at radius 1 is 1.02 bits per heavy atom. The Kier molecular flexibility index (Phi) is 7.76. The lowest BCUT2D eigenvalue weighted by atomic mass is 9.96. The minimum Gasteiger partial charge on any atom is -0.488 e. The molecule has 1 N–H and O–H groups in total. The van der Waals surface area contributed by atoms with Gasteiger partial charge >= 0.3 is 5.97 Å². The molecular weight excluding hydrogens is 562 g/mol. The van der Waals surface area contributed by atoms with Gasteiger partial charge in [0.05, 0.1) is 5.56 Å². The molecule has 228 valence electrons. The van der Waals surface area contributed by atoms with Crippen LogP contribution in [0, 0.1) is 24.2 Å². The van der Waals surface area contributed by atoms with Gasteiger partial charge in [0.15, 0.2) is 0 Å². The van der Waals surface area contributed by atoms with Gasteiger partial charge in [-0.25, -0.2) is 0 Å². The second-order valence-corrected chi connectivity index (χ2v) is 12.6. The van der Waals surface area contributed by atoms with E-state index in [1.54, 1.807) is 18.5 Å². The van der Waals surface area contributed by atoms with Gasteiger partial charge in [-0.1, -0.05) is 48.5 Å².